The van der Waals surface area contributed by atoms with E-state index in [2.05, 4.69) is 24.8 Å². The fraction of sp³-hybridized carbons (Fsp3) is 0.857. The zero-order chi connectivity index (χ0) is 14.3. The molecule has 2 aliphatic rings. The fourth-order valence-electron chi connectivity index (χ4n) is 4.16. The molecule has 19 heavy (non-hydrogen) atoms. The maximum atomic E-state index is 10.4. The quantitative estimate of drug-likeness (QED) is 0.483. The summed E-state index contributed by atoms with van der Waals surface area (Å²) >= 11 is 0. The maximum absolute atomic E-state index is 10.4. The zero-order valence-corrected chi connectivity index (χ0v) is 12.1. The van der Waals surface area contributed by atoms with Gasteiger partial charge in [0.1, 0.15) is 6.61 Å². The van der Waals surface area contributed by atoms with E-state index >= 15 is 0 Å². The Bertz CT molecular complexity index is 423. The van der Waals surface area contributed by atoms with Crippen molar-refractivity contribution in [3.05, 3.63) is 21.8 Å². The number of hydrogen-bond donors (Lipinski definition) is 1. The minimum atomic E-state index is -0.715. The van der Waals surface area contributed by atoms with Gasteiger partial charge in [-0.05, 0) is 31.1 Å². The highest BCUT2D eigenvalue weighted by molar-refractivity contribution is 5.25. The van der Waals surface area contributed by atoms with Crippen LogP contribution in [0.4, 0.5) is 0 Å². The van der Waals surface area contributed by atoms with Crippen molar-refractivity contribution in [2.75, 3.05) is 6.61 Å². The second-order valence-corrected chi connectivity index (χ2v) is 7.19. The molecule has 3 atom stereocenters. The van der Waals surface area contributed by atoms with E-state index in [9.17, 15) is 10.1 Å². The van der Waals surface area contributed by atoms with Crippen molar-refractivity contribution in [3.8, 4) is 0 Å². The summed E-state index contributed by atoms with van der Waals surface area (Å²) in [5, 5.41) is 9.68. The van der Waals surface area contributed by atoms with E-state index in [0.717, 1.165) is 32.1 Å². The summed E-state index contributed by atoms with van der Waals surface area (Å²) in [4.78, 5) is 15.0. The molecular weight excluding hydrogens is 244 g/mol. The van der Waals surface area contributed by atoms with Crippen LogP contribution >= 0.6 is 0 Å². The van der Waals surface area contributed by atoms with Crippen LogP contribution in [-0.2, 0) is 4.84 Å². The molecular formula is C14H24N2O3. The van der Waals surface area contributed by atoms with Crippen LogP contribution in [0.15, 0.2) is 11.6 Å². The van der Waals surface area contributed by atoms with E-state index in [1.165, 1.54) is 5.57 Å². The summed E-state index contributed by atoms with van der Waals surface area (Å²) in [6.07, 6.45) is 7.02. The van der Waals surface area contributed by atoms with Crippen LogP contribution in [0.5, 0.6) is 0 Å². The van der Waals surface area contributed by atoms with Gasteiger partial charge in [0.2, 0.25) is 0 Å². The zero-order valence-electron chi connectivity index (χ0n) is 12.1. The van der Waals surface area contributed by atoms with Gasteiger partial charge in [0.15, 0.2) is 0 Å². The monoisotopic (exact) mass is 268 g/mol. The van der Waals surface area contributed by atoms with Crippen LogP contribution in [0.2, 0.25) is 0 Å². The first-order valence-corrected chi connectivity index (χ1v) is 6.95. The Morgan fingerprint density at radius 3 is 2.63 bits per heavy atom. The van der Waals surface area contributed by atoms with Gasteiger partial charge in [-0.15, -0.1) is 10.1 Å². The second-order valence-electron chi connectivity index (χ2n) is 7.19. The van der Waals surface area contributed by atoms with E-state index in [-0.39, 0.29) is 23.0 Å². The Hall–Kier alpha value is -1.10. The SMILES string of the molecule is CCC1(C)CC2=CC(C)(CO[N+](=O)[O-])CC(N)(C2)C1. The number of nitrogens with zero attached hydrogens (tertiary/aromatic N) is 1. The summed E-state index contributed by atoms with van der Waals surface area (Å²) in [6.45, 7) is 6.61. The number of fused-ring (bicyclic) bond motifs is 2. The maximum Gasteiger partial charge on any atom is 0.294 e. The van der Waals surface area contributed by atoms with Crippen molar-refractivity contribution in [1.82, 2.24) is 0 Å². The lowest BCUT2D eigenvalue weighted by atomic mass is 9.56. The summed E-state index contributed by atoms with van der Waals surface area (Å²) < 4.78 is 0. The largest absolute Gasteiger partial charge is 0.325 e. The molecule has 0 radical (unpaired) electrons. The summed E-state index contributed by atoms with van der Waals surface area (Å²) in [7, 11) is 0. The molecule has 2 rings (SSSR count). The third kappa shape index (κ3) is 3.08. The Balaban J connectivity index is 2.21. The first kappa shape index (κ1) is 14.3. The van der Waals surface area contributed by atoms with Crippen LogP contribution in [0, 0.1) is 20.9 Å². The van der Waals surface area contributed by atoms with Gasteiger partial charge in [-0.3, -0.25) is 0 Å². The average Bonchev–Trinajstić information content (AvgIpc) is 2.23. The highest BCUT2D eigenvalue weighted by Crippen LogP contribution is 2.53. The van der Waals surface area contributed by atoms with Gasteiger partial charge in [-0.25, -0.2) is 0 Å². The Labute approximate surface area is 114 Å². The predicted molar refractivity (Wildman–Crippen MR) is 72.9 cm³/mol. The van der Waals surface area contributed by atoms with Gasteiger partial charge in [0.05, 0.1) is 0 Å². The van der Waals surface area contributed by atoms with Crippen LogP contribution in [-0.4, -0.2) is 17.2 Å². The fourth-order valence-corrected chi connectivity index (χ4v) is 4.16. The minimum Gasteiger partial charge on any atom is -0.325 e. The van der Waals surface area contributed by atoms with Gasteiger partial charge < -0.3 is 10.6 Å². The molecule has 0 heterocycles. The Morgan fingerprint density at radius 2 is 2.11 bits per heavy atom. The van der Waals surface area contributed by atoms with Crippen molar-refractivity contribution < 1.29 is 9.92 Å². The molecule has 0 spiro atoms. The van der Waals surface area contributed by atoms with Gasteiger partial charge in [-0.2, -0.15) is 0 Å². The molecule has 2 aliphatic carbocycles. The Morgan fingerprint density at radius 1 is 1.42 bits per heavy atom. The molecule has 0 saturated heterocycles. The van der Waals surface area contributed by atoms with Crippen molar-refractivity contribution in [2.45, 2.75) is 58.4 Å². The molecule has 0 aromatic heterocycles. The minimum absolute atomic E-state index is 0.102. The summed E-state index contributed by atoms with van der Waals surface area (Å²) in [5.41, 5.74) is 7.63. The van der Waals surface area contributed by atoms with Crippen molar-refractivity contribution >= 4 is 0 Å². The molecule has 5 nitrogen and oxygen atoms in total. The van der Waals surface area contributed by atoms with Crippen LogP contribution in [0.25, 0.3) is 0 Å². The average molecular weight is 268 g/mol. The van der Waals surface area contributed by atoms with Gasteiger partial charge in [-0.1, -0.05) is 38.8 Å². The first-order valence-electron chi connectivity index (χ1n) is 6.95. The number of nitrogens with two attached hydrogens (primary N) is 1. The lowest BCUT2D eigenvalue weighted by molar-refractivity contribution is -0.760. The van der Waals surface area contributed by atoms with Crippen molar-refractivity contribution in [3.63, 3.8) is 0 Å². The number of rotatable bonds is 4. The normalized spacial score (nSPS) is 41.6. The van der Waals surface area contributed by atoms with Gasteiger partial charge >= 0.3 is 0 Å². The van der Waals surface area contributed by atoms with Crippen LogP contribution in [0.1, 0.15) is 52.9 Å². The molecule has 2 bridgehead atoms. The van der Waals surface area contributed by atoms with Gasteiger partial charge in [0, 0.05) is 11.0 Å². The Kier molecular flexibility index (Phi) is 3.37. The molecule has 1 fully saturated rings. The molecule has 2 N–H and O–H groups in total. The lowest BCUT2D eigenvalue weighted by Crippen LogP contribution is -2.54. The van der Waals surface area contributed by atoms with E-state index in [0.29, 0.717) is 0 Å². The molecule has 0 aromatic rings. The molecule has 108 valence electrons. The molecule has 5 heteroatoms. The van der Waals surface area contributed by atoms with Gasteiger partial charge in [0.25, 0.3) is 5.09 Å². The van der Waals surface area contributed by atoms with E-state index in [1.54, 1.807) is 0 Å². The lowest BCUT2D eigenvalue weighted by Gasteiger charge is -2.52. The van der Waals surface area contributed by atoms with E-state index in [4.69, 9.17) is 5.73 Å². The topological polar surface area (TPSA) is 78.4 Å². The second kappa shape index (κ2) is 4.47. The van der Waals surface area contributed by atoms with Crippen molar-refractivity contribution in [2.24, 2.45) is 16.6 Å². The van der Waals surface area contributed by atoms with E-state index in [1.807, 2.05) is 6.92 Å². The standard InChI is InChI=1S/C14H24N2O3/c1-4-12(2)5-11-6-13(3,10-19-16(17)18)9-14(15,7-11)8-12/h6H,4-5,7-10,15H2,1-3H3. The summed E-state index contributed by atoms with van der Waals surface area (Å²) in [6, 6.07) is 0. The van der Waals surface area contributed by atoms with E-state index < -0.39 is 5.09 Å². The highest BCUT2D eigenvalue weighted by atomic mass is 16.9. The highest BCUT2D eigenvalue weighted by Gasteiger charge is 2.47. The first-order chi connectivity index (χ1) is 8.68. The molecule has 0 amide bonds. The smallest absolute Gasteiger partial charge is 0.294 e. The molecule has 0 aliphatic heterocycles. The third-order valence-corrected chi connectivity index (χ3v) is 4.67. The summed E-state index contributed by atoms with van der Waals surface area (Å²) in [5.74, 6) is 0. The predicted octanol–water partition coefficient (Wildman–Crippen LogP) is 2.83. The third-order valence-electron chi connectivity index (χ3n) is 4.67. The van der Waals surface area contributed by atoms with Crippen LogP contribution in [0.3, 0.4) is 0 Å². The number of hydrogen-bond acceptors (Lipinski definition) is 4. The molecule has 0 aromatic carbocycles. The molecule has 1 saturated carbocycles. The van der Waals surface area contributed by atoms with Crippen molar-refractivity contribution in [1.29, 1.82) is 0 Å². The van der Waals surface area contributed by atoms with Crippen LogP contribution < -0.4 is 5.73 Å². The molecule has 3 unspecified atom stereocenters.